The maximum atomic E-state index is 4.94. The maximum absolute atomic E-state index is 4.94. The molecular weight excluding hydrogens is 210 g/mol. The van der Waals surface area contributed by atoms with E-state index in [9.17, 15) is 0 Å². The van der Waals surface area contributed by atoms with Gasteiger partial charge in [-0.1, -0.05) is 49.3 Å². The van der Waals surface area contributed by atoms with E-state index in [-0.39, 0.29) is 5.41 Å². The molecule has 0 saturated heterocycles. The first-order valence-electron chi connectivity index (χ1n) is 6.30. The van der Waals surface area contributed by atoms with Crippen molar-refractivity contribution in [3.8, 4) is 0 Å². The zero-order valence-corrected chi connectivity index (χ0v) is 11.4. The van der Waals surface area contributed by atoms with Crippen LogP contribution in [-0.2, 0) is 11.3 Å². The summed E-state index contributed by atoms with van der Waals surface area (Å²) < 4.78 is 0. The van der Waals surface area contributed by atoms with E-state index in [1.807, 2.05) is 0 Å². The fourth-order valence-corrected chi connectivity index (χ4v) is 2.36. The summed E-state index contributed by atoms with van der Waals surface area (Å²) in [5.41, 5.74) is 2.58. The van der Waals surface area contributed by atoms with E-state index in [0.717, 1.165) is 25.0 Å². The second-order valence-electron chi connectivity index (χ2n) is 4.51. The fourth-order valence-electron chi connectivity index (χ4n) is 2.36. The summed E-state index contributed by atoms with van der Waals surface area (Å²) in [6.45, 7) is 6.52. The molecule has 0 aliphatic carbocycles. The van der Waals surface area contributed by atoms with Crippen molar-refractivity contribution >= 4 is 5.71 Å². The summed E-state index contributed by atoms with van der Waals surface area (Å²) in [4.78, 5) is 4.94. The first-order valence-corrected chi connectivity index (χ1v) is 6.30. The Kier molecular flexibility index (Phi) is 5.20. The maximum Gasteiger partial charge on any atom is 0.106 e. The monoisotopic (exact) mass is 233 g/mol. The lowest BCUT2D eigenvalue weighted by molar-refractivity contribution is 0.204. The molecule has 17 heavy (non-hydrogen) atoms. The van der Waals surface area contributed by atoms with Gasteiger partial charge in [0.15, 0.2) is 0 Å². The van der Waals surface area contributed by atoms with E-state index in [4.69, 9.17) is 4.84 Å². The molecule has 0 amide bonds. The lowest BCUT2D eigenvalue weighted by Gasteiger charge is -2.31. The van der Waals surface area contributed by atoms with Crippen LogP contribution in [0.3, 0.4) is 0 Å². The van der Waals surface area contributed by atoms with Gasteiger partial charge in [0.25, 0.3) is 0 Å². The van der Waals surface area contributed by atoms with Gasteiger partial charge in [-0.15, -0.1) is 0 Å². The van der Waals surface area contributed by atoms with Crippen LogP contribution in [0.15, 0.2) is 35.5 Å². The minimum Gasteiger partial charge on any atom is -0.399 e. The van der Waals surface area contributed by atoms with E-state index in [1.54, 1.807) is 7.11 Å². The molecule has 0 aliphatic rings. The first kappa shape index (κ1) is 13.8. The van der Waals surface area contributed by atoms with E-state index in [0.29, 0.717) is 0 Å². The van der Waals surface area contributed by atoms with Crippen LogP contribution >= 0.6 is 0 Å². The molecule has 0 unspecified atom stereocenters. The average molecular weight is 233 g/mol. The Morgan fingerprint density at radius 1 is 1.18 bits per heavy atom. The third-order valence-electron chi connectivity index (χ3n) is 3.73. The molecule has 0 saturated carbocycles. The molecule has 2 nitrogen and oxygen atoms in total. The largest absolute Gasteiger partial charge is 0.399 e. The minimum absolute atomic E-state index is 0.122. The lowest BCUT2D eigenvalue weighted by atomic mass is 9.73. The summed E-state index contributed by atoms with van der Waals surface area (Å²) in [6.07, 6.45) is 3.19. The van der Waals surface area contributed by atoms with Gasteiger partial charge < -0.3 is 4.84 Å². The number of benzene rings is 1. The van der Waals surface area contributed by atoms with E-state index in [2.05, 4.69) is 56.3 Å². The van der Waals surface area contributed by atoms with Crippen molar-refractivity contribution in [3.63, 3.8) is 0 Å². The lowest BCUT2D eigenvalue weighted by Crippen LogP contribution is -2.30. The quantitative estimate of drug-likeness (QED) is 0.536. The third-order valence-corrected chi connectivity index (χ3v) is 3.73. The Balaban J connectivity index is 2.96. The van der Waals surface area contributed by atoms with Gasteiger partial charge in [-0.3, -0.25) is 0 Å². The number of rotatable bonds is 6. The predicted molar refractivity (Wildman–Crippen MR) is 73.3 cm³/mol. The first-order chi connectivity index (χ1) is 8.18. The molecule has 2 heteroatoms. The zero-order chi connectivity index (χ0) is 12.7. The Bertz CT molecular complexity index is 352. The molecule has 0 fully saturated rings. The van der Waals surface area contributed by atoms with Crippen molar-refractivity contribution in [2.75, 3.05) is 7.11 Å². The van der Waals surface area contributed by atoms with Gasteiger partial charge in [-0.05, 0) is 31.7 Å². The molecule has 0 aromatic heterocycles. The van der Waals surface area contributed by atoms with Crippen molar-refractivity contribution in [1.29, 1.82) is 0 Å². The van der Waals surface area contributed by atoms with Crippen LogP contribution in [0.2, 0.25) is 0 Å². The second kappa shape index (κ2) is 6.43. The Morgan fingerprint density at radius 2 is 1.76 bits per heavy atom. The fraction of sp³-hybridized carbons (Fsp3) is 0.533. The van der Waals surface area contributed by atoms with Gasteiger partial charge in [0.05, 0.1) is 5.71 Å². The highest BCUT2D eigenvalue weighted by Gasteiger charge is 2.30. The van der Waals surface area contributed by atoms with Crippen molar-refractivity contribution in [3.05, 3.63) is 35.9 Å². The SMILES string of the molecule is CCC(CC)(Cc1ccccc1)/C(C)=N/OC. The molecule has 0 heterocycles. The Labute approximate surface area is 105 Å². The average Bonchev–Trinajstić information content (AvgIpc) is 2.37. The summed E-state index contributed by atoms with van der Waals surface area (Å²) >= 11 is 0. The topological polar surface area (TPSA) is 21.6 Å². The standard InChI is InChI=1S/C15H23NO/c1-5-15(6-2,13(3)16-17-4)12-14-10-8-7-9-11-14/h7-11H,5-6,12H2,1-4H3/b16-13+. The molecule has 1 aromatic carbocycles. The highest BCUT2D eigenvalue weighted by molar-refractivity contribution is 5.87. The second-order valence-corrected chi connectivity index (χ2v) is 4.51. The van der Waals surface area contributed by atoms with Crippen LogP contribution in [0.25, 0.3) is 0 Å². The van der Waals surface area contributed by atoms with Crippen LogP contribution < -0.4 is 0 Å². The van der Waals surface area contributed by atoms with E-state index in [1.165, 1.54) is 5.56 Å². The summed E-state index contributed by atoms with van der Waals surface area (Å²) in [7, 11) is 1.61. The van der Waals surface area contributed by atoms with Gasteiger partial charge in [0.2, 0.25) is 0 Å². The molecule has 94 valence electrons. The normalized spacial score (nSPS) is 12.6. The molecule has 1 aromatic rings. The van der Waals surface area contributed by atoms with Crippen molar-refractivity contribution < 1.29 is 4.84 Å². The predicted octanol–water partition coefficient (Wildman–Crippen LogP) is 4.06. The van der Waals surface area contributed by atoms with Crippen LogP contribution in [0.4, 0.5) is 0 Å². The van der Waals surface area contributed by atoms with Gasteiger partial charge in [0.1, 0.15) is 7.11 Å². The van der Waals surface area contributed by atoms with Crippen molar-refractivity contribution in [1.82, 2.24) is 0 Å². The molecule has 0 aliphatic heterocycles. The van der Waals surface area contributed by atoms with E-state index < -0.39 is 0 Å². The minimum atomic E-state index is 0.122. The molecule has 0 N–H and O–H groups in total. The summed E-state index contributed by atoms with van der Waals surface area (Å²) in [5.74, 6) is 0. The highest BCUT2D eigenvalue weighted by Crippen LogP contribution is 2.32. The van der Waals surface area contributed by atoms with Gasteiger partial charge in [0, 0.05) is 5.41 Å². The number of hydrogen-bond donors (Lipinski definition) is 0. The van der Waals surface area contributed by atoms with Gasteiger partial charge in [-0.25, -0.2) is 0 Å². The number of hydrogen-bond acceptors (Lipinski definition) is 2. The molecule has 0 spiro atoms. The number of oxime groups is 1. The van der Waals surface area contributed by atoms with Gasteiger partial charge in [-0.2, -0.15) is 0 Å². The highest BCUT2D eigenvalue weighted by atomic mass is 16.6. The Morgan fingerprint density at radius 3 is 2.24 bits per heavy atom. The smallest absolute Gasteiger partial charge is 0.106 e. The summed E-state index contributed by atoms with van der Waals surface area (Å²) in [6, 6.07) is 10.6. The number of nitrogens with zero attached hydrogens (tertiary/aromatic N) is 1. The zero-order valence-electron chi connectivity index (χ0n) is 11.4. The molecule has 0 atom stereocenters. The van der Waals surface area contributed by atoms with Crippen LogP contribution in [0.1, 0.15) is 39.2 Å². The van der Waals surface area contributed by atoms with Gasteiger partial charge >= 0.3 is 0 Å². The molecule has 0 bridgehead atoms. The van der Waals surface area contributed by atoms with Crippen LogP contribution in [0, 0.1) is 5.41 Å². The van der Waals surface area contributed by atoms with Crippen LogP contribution in [-0.4, -0.2) is 12.8 Å². The van der Waals surface area contributed by atoms with E-state index >= 15 is 0 Å². The Hall–Kier alpha value is -1.31. The third kappa shape index (κ3) is 3.32. The summed E-state index contributed by atoms with van der Waals surface area (Å²) in [5, 5.41) is 4.15. The molecule has 0 radical (unpaired) electrons. The van der Waals surface area contributed by atoms with Crippen molar-refractivity contribution in [2.24, 2.45) is 10.6 Å². The van der Waals surface area contributed by atoms with Crippen molar-refractivity contribution in [2.45, 2.75) is 40.0 Å². The molecule has 1 rings (SSSR count). The molecular formula is C15H23NO. The van der Waals surface area contributed by atoms with Crippen LogP contribution in [0.5, 0.6) is 0 Å².